The third kappa shape index (κ3) is 2.62. The predicted octanol–water partition coefficient (Wildman–Crippen LogP) is 4.52. The first-order valence-corrected chi connectivity index (χ1v) is 7.69. The van der Waals surface area contributed by atoms with Gasteiger partial charge in [-0.1, -0.05) is 28.9 Å². The molecule has 1 heterocycles. The minimum atomic E-state index is -0.0644. The molecule has 0 amide bonds. The summed E-state index contributed by atoms with van der Waals surface area (Å²) in [5, 5.41) is 0. The Morgan fingerprint density at radius 1 is 1.30 bits per heavy atom. The highest BCUT2D eigenvalue weighted by Crippen LogP contribution is 2.33. The fourth-order valence-electron chi connectivity index (χ4n) is 2.47. The Hall–Kier alpha value is -1.29. The second-order valence-electron chi connectivity index (χ2n) is 6.09. The van der Waals surface area contributed by atoms with Gasteiger partial charge in [0.25, 0.3) is 0 Å². The zero-order chi connectivity index (χ0) is 15.1. The second-order valence-corrected chi connectivity index (χ2v) is 6.94. The number of nitrogen functional groups attached to an aromatic ring is 1. The molecule has 0 fully saturated rings. The summed E-state index contributed by atoms with van der Waals surface area (Å²) in [5.74, 6) is 1.78. The van der Waals surface area contributed by atoms with Gasteiger partial charge >= 0.3 is 0 Å². The zero-order valence-corrected chi connectivity index (χ0v) is 14.4. The fourth-order valence-corrected chi connectivity index (χ4v) is 2.72. The highest BCUT2D eigenvalue weighted by atomic mass is 79.9. The number of benzene rings is 1. The van der Waals surface area contributed by atoms with Crippen LogP contribution >= 0.6 is 15.9 Å². The van der Waals surface area contributed by atoms with E-state index >= 15 is 0 Å². The van der Waals surface area contributed by atoms with E-state index in [1.54, 1.807) is 0 Å². The van der Waals surface area contributed by atoms with Crippen molar-refractivity contribution in [3.63, 3.8) is 0 Å². The quantitative estimate of drug-likeness (QED) is 0.876. The molecule has 0 atom stereocenters. The third-order valence-electron chi connectivity index (χ3n) is 3.40. The van der Waals surface area contributed by atoms with Gasteiger partial charge < -0.3 is 10.3 Å². The molecule has 0 bridgehead atoms. The summed E-state index contributed by atoms with van der Waals surface area (Å²) in [6.45, 7) is 10.6. The second kappa shape index (κ2) is 5.24. The molecule has 0 aliphatic heterocycles. The summed E-state index contributed by atoms with van der Waals surface area (Å²) >= 11 is 3.53. The Labute approximate surface area is 129 Å². The first-order valence-electron chi connectivity index (χ1n) is 6.89. The largest absolute Gasteiger partial charge is 0.383 e. The van der Waals surface area contributed by atoms with E-state index in [4.69, 9.17) is 10.7 Å². The molecular weight excluding hydrogens is 314 g/mol. The van der Waals surface area contributed by atoms with Crippen LogP contribution in [-0.4, -0.2) is 9.55 Å². The highest BCUT2D eigenvalue weighted by Gasteiger charge is 2.23. The molecule has 3 nitrogen and oxygen atoms in total. The van der Waals surface area contributed by atoms with Crippen molar-refractivity contribution in [1.82, 2.24) is 9.55 Å². The van der Waals surface area contributed by atoms with Crippen LogP contribution in [0.2, 0.25) is 0 Å². The minimum Gasteiger partial charge on any atom is -0.383 e. The van der Waals surface area contributed by atoms with Crippen LogP contribution in [0.5, 0.6) is 0 Å². The molecule has 0 aliphatic rings. The van der Waals surface area contributed by atoms with Crippen LogP contribution in [0.15, 0.2) is 22.7 Å². The molecule has 108 valence electrons. The van der Waals surface area contributed by atoms with Gasteiger partial charge in [-0.05, 0) is 45.4 Å². The van der Waals surface area contributed by atoms with E-state index in [2.05, 4.69) is 67.2 Å². The molecule has 2 aromatic rings. The summed E-state index contributed by atoms with van der Waals surface area (Å²) in [7, 11) is 0. The first kappa shape index (κ1) is 15.1. The molecule has 2 rings (SSSR count). The van der Waals surface area contributed by atoms with Gasteiger partial charge in [0.05, 0.1) is 0 Å². The summed E-state index contributed by atoms with van der Waals surface area (Å²) in [5.41, 5.74) is 9.45. The average molecular weight is 336 g/mol. The van der Waals surface area contributed by atoms with Gasteiger partial charge in [-0.3, -0.25) is 0 Å². The van der Waals surface area contributed by atoms with E-state index in [1.165, 1.54) is 5.56 Å². The molecule has 20 heavy (non-hydrogen) atoms. The summed E-state index contributed by atoms with van der Waals surface area (Å²) < 4.78 is 3.24. The van der Waals surface area contributed by atoms with E-state index in [0.717, 1.165) is 33.8 Å². The van der Waals surface area contributed by atoms with Crippen LogP contribution in [0.3, 0.4) is 0 Å². The first-order chi connectivity index (χ1) is 9.25. The lowest BCUT2D eigenvalue weighted by Gasteiger charge is -2.24. The Morgan fingerprint density at radius 3 is 2.40 bits per heavy atom. The van der Waals surface area contributed by atoms with Gasteiger partial charge in [0.15, 0.2) is 0 Å². The number of imidazole rings is 1. The Bertz CT molecular complexity index is 636. The molecule has 0 saturated heterocycles. The van der Waals surface area contributed by atoms with Gasteiger partial charge in [0, 0.05) is 22.0 Å². The molecular formula is C16H22BrN3. The smallest absolute Gasteiger partial charge is 0.132 e. The molecule has 1 aromatic carbocycles. The lowest BCUT2D eigenvalue weighted by Crippen LogP contribution is -2.25. The lowest BCUT2D eigenvalue weighted by atomic mass is 10.1. The lowest BCUT2D eigenvalue weighted by molar-refractivity contribution is 0.389. The standard InChI is InChI=1S/C16H22BrN3/c1-6-13-19-14(15(18)20(13)16(3,4)5)11-7-8-12(17)10(2)9-11/h7-9H,6,18H2,1-5H3. The fraction of sp³-hybridized carbons (Fsp3) is 0.438. The van der Waals surface area contributed by atoms with Gasteiger partial charge in [0.2, 0.25) is 0 Å². The predicted molar refractivity (Wildman–Crippen MR) is 88.9 cm³/mol. The van der Waals surface area contributed by atoms with Gasteiger partial charge in [-0.15, -0.1) is 0 Å². The molecule has 0 saturated carbocycles. The summed E-state index contributed by atoms with van der Waals surface area (Å²) in [6.07, 6.45) is 0.872. The molecule has 4 heteroatoms. The van der Waals surface area contributed by atoms with Crippen molar-refractivity contribution in [2.75, 3.05) is 5.73 Å². The maximum atomic E-state index is 6.37. The topological polar surface area (TPSA) is 43.8 Å². The number of halogens is 1. The van der Waals surface area contributed by atoms with E-state index in [-0.39, 0.29) is 5.54 Å². The van der Waals surface area contributed by atoms with Crippen molar-refractivity contribution >= 4 is 21.7 Å². The Morgan fingerprint density at radius 2 is 1.95 bits per heavy atom. The SMILES string of the molecule is CCc1nc(-c2ccc(Br)c(C)c2)c(N)n1C(C)(C)C. The summed E-state index contributed by atoms with van der Waals surface area (Å²) in [6, 6.07) is 6.23. The number of nitrogens with two attached hydrogens (primary N) is 1. The van der Waals surface area contributed by atoms with Gasteiger partial charge in [-0.2, -0.15) is 0 Å². The maximum Gasteiger partial charge on any atom is 0.132 e. The zero-order valence-electron chi connectivity index (χ0n) is 12.8. The van der Waals surface area contributed by atoms with Crippen molar-refractivity contribution in [2.45, 2.75) is 46.6 Å². The number of aromatic nitrogens is 2. The number of nitrogens with zero attached hydrogens (tertiary/aromatic N) is 2. The highest BCUT2D eigenvalue weighted by molar-refractivity contribution is 9.10. The maximum absolute atomic E-state index is 6.37. The van der Waals surface area contributed by atoms with Crippen molar-refractivity contribution in [3.8, 4) is 11.3 Å². The average Bonchev–Trinajstić information content (AvgIpc) is 2.69. The third-order valence-corrected chi connectivity index (χ3v) is 4.29. The van der Waals surface area contributed by atoms with E-state index < -0.39 is 0 Å². The Balaban J connectivity index is 2.64. The van der Waals surface area contributed by atoms with Gasteiger partial charge in [-0.25, -0.2) is 4.98 Å². The number of anilines is 1. The van der Waals surface area contributed by atoms with Crippen LogP contribution in [0.1, 0.15) is 39.1 Å². The van der Waals surface area contributed by atoms with Crippen molar-refractivity contribution in [2.24, 2.45) is 0 Å². The number of rotatable bonds is 2. The van der Waals surface area contributed by atoms with Crippen molar-refractivity contribution < 1.29 is 0 Å². The van der Waals surface area contributed by atoms with Crippen LogP contribution in [0.25, 0.3) is 11.3 Å². The van der Waals surface area contributed by atoms with Crippen molar-refractivity contribution in [3.05, 3.63) is 34.1 Å². The Kier molecular flexibility index (Phi) is 3.96. The molecule has 0 unspecified atom stereocenters. The van der Waals surface area contributed by atoms with Crippen LogP contribution in [-0.2, 0) is 12.0 Å². The molecule has 0 spiro atoms. The van der Waals surface area contributed by atoms with E-state index in [0.29, 0.717) is 0 Å². The van der Waals surface area contributed by atoms with Crippen LogP contribution in [0, 0.1) is 6.92 Å². The van der Waals surface area contributed by atoms with Gasteiger partial charge in [0.1, 0.15) is 17.3 Å². The molecule has 2 N–H and O–H groups in total. The number of hydrogen-bond acceptors (Lipinski definition) is 2. The molecule has 0 radical (unpaired) electrons. The minimum absolute atomic E-state index is 0.0644. The number of hydrogen-bond donors (Lipinski definition) is 1. The van der Waals surface area contributed by atoms with Crippen LogP contribution in [0.4, 0.5) is 5.82 Å². The normalized spacial score (nSPS) is 11.9. The van der Waals surface area contributed by atoms with Crippen molar-refractivity contribution in [1.29, 1.82) is 0 Å². The summed E-state index contributed by atoms with van der Waals surface area (Å²) in [4.78, 5) is 4.76. The van der Waals surface area contributed by atoms with Crippen LogP contribution < -0.4 is 5.73 Å². The molecule has 1 aromatic heterocycles. The van der Waals surface area contributed by atoms with E-state index in [9.17, 15) is 0 Å². The monoisotopic (exact) mass is 335 g/mol. The number of aryl methyl sites for hydroxylation is 2. The van der Waals surface area contributed by atoms with E-state index in [1.807, 2.05) is 6.07 Å². The molecule has 0 aliphatic carbocycles.